The van der Waals surface area contributed by atoms with Crippen molar-refractivity contribution in [3.05, 3.63) is 129 Å². The van der Waals surface area contributed by atoms with Gasteiger partial charge in [0.05, 0.1) is 9.79 Å². The predicted molar refractivity (Wildman–Crippen MR) is 196 cm³/mol. The number of benzene rings is 4. The Hall–Kier alpha value is -3.52. The quantitative estimate of drug-likeness (QED) is 0.153. The summed E-state index contributed by atoms with van der Waals surface area (Å²) in [7, 11) is -20.5. The number of alkyl halides is 6. The molecule has 2 N–H and O–H groups in total. The average molecular weight is 980 g/mol. The van der Waals surface area contributed by atoms with Gasteiger partial charge >= 0.3 is 31.1 Å². The summed E-state index contributed by atoms with van der Waals surface area (Å²) in [6.45, 7) is 0. The van der Waals surface area contributed by atoms with Crippen LogP contribution in [0.2, 0.25) is 10.0 Å². The summed E-state index contributed by atoms with van der Waals surface area (Å²) in [6, 6.07) is 10.7. The number of nitrogens with one attached hydrogen (secondary N) is 2. The van der Waals surface area contributed by atoms with Gasteiger partial charge in [-0.15, -0.1) is 0 Å². The maximum Gasteiger partial charge on any atom is 0.511 e. The fraction of sp³-hybridized carbons (Fsp3) is 0.294. The van der Waals surface area contributed by atoms with Gasteiger partial charge < -0.3 is 0 Å². The SMILES string of the molecule is O=S(=O)(NC1CC(c2cc(F)ccc2F)(S(=O)(=O)c2ccc(Cl)cc2)C1)C(F)(F)F.O=S(=O)(NC1CC(c2cc(F)ccc2F)(S(=O)(=O)c2ccc(Cl)cc2)C1)C(F)(F)F. The highest BCUT2D eigenvalue weighted by Crippen LogP contribution is 2.54. The van der Waals surface area contributed by atoms with E-state index in [9.17, 15) is 77.6 Å². The smallest absolute Gasteiger partial charge is 0.223 e. The lowest BCUT2D eigenvalue weighted by molar-refractivity contribution is -0.0461. The molecule has 0 saturated heterocycles. The highest BCUT2D eigenvalue weighted by Gasteiger charge is 2.61. The van der Waals surface area contributed by atoms with Crippen LogP contribution in [0.5, 0.6) is 0 Å². The fourth-order valence-electron chi connectivity index (χ4n) is 6.75. The molecule has 0 amide bonds. The second-order valence-electron chi connectivity index (χ2n) is 13.5. The second kappa shape index (κ2) is 16.3. The molecule has 2 aliphatic rings. The Balaban J connectivity index is 0.000000228. The zero-order valence-electron chi connectivity index (χ0n) is 29.5. The molecule has 10 nitrogen and oxygen atoms in total. The highest BCUT2D eigenvalue weighted by molar-refractivity contribution is 7.93. The summed E-state index contributed by atoms with van der Waals surface area (Å²) < 4.78 is 229. The number of hydrogen-bond donors (Lipinski definition) is 2. The number of hydrogen-bond acceptors (Lipinski definition) is 8. The van der Waals surface area contributed by atoms with Gasteiger partial charge in [0.15, 0.2) is 19.7 Å². The van der Waals surface area contributed by atoms with Crippen LogP contribution < -0.4 is 9.44 Å². The van der Waals surface area contributed by atoms with E-state index in [0.717, 1.165) is 36.4 Å². The molecule has 0 unspecified atom stereocenters. The molecule has 2 aliphatic carbocycles. The van der Waals surface area contributed by atoms with Crippen molar-refractivity contribution >= 4 is 62.9 Å². The normalized spacial score (nSPS) is 22.5. The topological polar surface area (TPSA) is 161 Å². The van der Waals surface area contributed by atoms with Gasteiger partial charge in [-0.3, -0.25) is 0 Å². The molecule has 328 valence electrons. The Kier molecular flexibility index (Phi) is 12.9. The molecule has 0 aliphatic heterocycles. The van der Waals surface area contributed by atoms with Crippen molar-refractivity contribution in [1.82, 2.24) is 9.44 Å². The van der Waals surface area contributed by atoms with Crippen LogP contribution in [-0.4, -0.2) is 56.8 Å². The third-order valence-electron chi connectivity index (χ3n) is 9.67. The Labute approximate surface area is 345 Å². The Morgan fingerprint density at radius 3 is 1.03 bits per heavy atom. The minimum Gasteiger partial charge on any atom is -0.223 e. The molecule has 0 atom stereocenters. The van der Waals surface area contributed by atoms with Crippen LogP contribution in [0.15, 0.2) is 94.7 Å². The van der Waals surface area contributed by atoms with Crippen LogP contribution >= 0.6 is 23.2 Å². The molecule has 60 heavy (non-hydrogen) atoms. The summed E-state index contributed by atoms with van der Waals surface area (Å²) in [5.74, 6) is -4.11. The average Bonchev–Trinajstić information content (AvgIpc) is 3.09. The monoisotopic (exact) mass is 978 g/mol. The highest BCUT2D eigenvalue weighted by atomic mass is 35.5. The van der Waals surface area contributed by atoms with E-state index in [1.54, 1.807) is 0 Å². The first-order chi connectivity index (χ1) is 27.4. The zero-order chi connectivity index (χ0) is 45.1. The summed E-state index contributed by atoms with van der Waals surface area (Å²) in [5, 5.41) is 0.397. The van der Waals surface area contributed by atoms with Gasteiger partial charge in [-0.25, -0.2) is 60.7 Å². The van der Waals surface area contributed by atoms with Crippen LogP contribution in [0.4, 0.5) is 43.9 Å². The minimum absolute atomic E-state index is 0.198. The van der Waals surface area contributed by atoms with E-state index in [1.165, 1.54) is 33.7 Å². The van der Waals surface area contributed by atoms with Gasteiger partial charge in [-0.05, 0) is 111 Å². The van der Waals surface area contributed by atoms with E-state index in [2.05, 4.69) is 0 Å². The zero-order valence-corrected chi connectivity index (χ0v) is 34.3. The first-order valence-corrected chi connectivity index (χ1v) is 23.2. The second-order valence-corrected chi connectivity index (χ2v) is 22.3. The van der Waals surface area contributed by atoms with Crippen molar-refractivity contribution in [1.29, 1.82) is 0 Å². The predicted octanol–water partition coefficient (Wildman–Crippen LogP) is 7.78. The lowest BCUT2D eigenvalue weighted by Crippen LogP contribution is -2.58. The van der Waals surface area contributed by atoms with Crippen molar-refractivity contribution in [2.45, 2.75) is 68.1 Å². The molecule has 2 fully saturated rings. The van der Waals surface area contributed by atoms with Crippen molar-refractivity contribution in [3.63, 3.8) is 0 Å². The lowest BCUT2D eigenvalue weighted by atomic mass is 9.75. The molecule has 0 bridgehead atoms. The van der Waals surface area contributed by atoms with Crippen molar-refractivity contribution in [2.75, 3.05) is 0 Å². The summed E-state index contributed by atoms with van der Waals surface area (Å²) in [6.07, 6.45) is -2.91. The molecule has 4 aromatic carbocycles. The molecule has 4 aromatic rings. The standard InChI is InChI=1S/2C17H13ClF5NO4S2/c2*18-10-1-4-13(5-2-10)29(25,26)16(14-7-11(19)3-6-15(14)20)8-12(9-16)24-30(27,28)17(21,22)23/h2*1-7,12,24H,8-9H2. The number of rotatable bonds is 10. The Morgan fingerprint density at radius 2 is 0.767 bits per heavy atom. The van der Waals surface area contributed by atoms with Gasteiger partial charge in [0, 0.05) is 33.3 Å². The van der Waals surface area contributed by atoms with Crippen LogP contribution in [0.1, 0.15) is 36.8 Å². The summed E-state index contributed by atoms with van der Waals surface area (Å²) in [5.41, 5.74) is -12.4. The lowest BCUT2D eigenvalue weighted by Gasteiger charge is -2.47. The number of sulfone groups is 2. The molecule has 2 saturated carbocycles. The molecular weight excluding hydrogens is 954 g/mol. The Morgan fingerprint density at radius 1 is 0.483 bits per heavy atom. The van der Waals surface area contributed by atoms with E-state index in [0.29, 0.717) is 24.3 Å². The van der Waals surface area contributed by atoms with Gasteiger partial charge in [0.1, 0.15) is 32.8 Å². The fourth-order valence-corrected chi connectivity index (χ4v) is 12.9. The van der Waals surface area contributed by atoms with Gasteiger partial charge in [-0.2, -0.15) is 26.3 Å². The molecule has 0 spiro atoms. The molecular formula is C34H26Cl2F10N2O8S4. The van der Waals surface area contributed by atoms with Crippen molar-refractivity contribution in [2.24, 2.45) is 0 Å². The molecule has 0 radical (unpaired) electrons. The van der Waals surface area contributed by atoms with Crippen molar-refractivity contribution < 1.29 is 77.6 Å². The van der Waals surface area contributed by atoms with E-state index < -0.39 is 132 Å². The van der Waals surface area contributed by atoms with Crippen LogP contribution in [0.25, 0.3) is 0 Å². The Bertz CT molecular complexity index is 2540. The van der Waals surface area contributed by atoms with E-state index in [4.69, 9.17) is 23.2 Å². The third-order valence-corrected chi connectivity index (χ3v) is 17.6. The van der Waals surface area contributed by atoms with Crippen LogP contribution in [0.3, 0.4) is 0 Å². The van der Waals surface area contributed by atoms with Crippen LogP contribution in [-0.2, 0) is 49.2 Å². The van der Waals surface area contributed by atoms with Crippen LogP contribution in [0, 0.1) is 23.3 Å². The number of sulfonamides is 2. The largest absolute Gasteiger partial charge is 0.511 e. The first-order valence-electron chi connectivity index (χ1n) is 16.5. The van der Waals surface area contributed by atoms with E-state index >= 15 is 0 Å². The third kappa shape index (κ3) is 8.88. The van der Waals surface area contributed by atoms with E-state index in [-0.39, 0.29) is 19.8 Å². The van der Waals surface area contributed by atoms with E-state index in [1.807, 2.05) is 0 Å². The summed E-state index contributed by atoms with van der Waals surface area (Å²) in [4.78, 5) is -0.652. The van der Waals surface area contributed by atoms with Crippen molar-refractivity contribution in [3.8, 4) is 0 Å². The minimum atomic E-state index is -5.75. The first kappa shape index (κ1) is 47.5. The number of halogens is 12. The molecule has 26 heteroatoms. The molecule has 0 aromatic heterocycles. The summed E-state index contributed by atoms with van der Waals surface area (Å²) >= 11 is 11.5. The van der Waals surface area contributed by atoms with Gasteiger partial charge in [0.2, 0.25) is 0 Å². The maximum absolute atomic E-state index is 14.5. The molecule has 0 heterocycles. The van der Waals surface area contributed by atoms with Gasteiger partial charge in [0.25, 0.3) is 0 Å². The maximum atomic E-state index is 14.5. The van der Waals surface area contributed by atoms with Gasteiger partial charge in [-0.1, -0.05) is 23.2 Å². The molecule has 6 rings (SSSR count).